The Balaban J connectivity index is 1.72. The van der Waals surface area contributed by atoms with Crippen LogP contribution in [0.15, 0.2) is 30.3 Å². The number of benzene rings is 1. The molecule has 0 radical (unpaired) electrons. The summed E-state index contributed by atoms with van der Waals surface area (Å²) in [5.41, 5.74) is 0.694. The highest BCUT2D eigenvalue weighted by Crippen LogP contribution is 2.39. The van der Waals surface area contributed by atoms with Crippen LogP contribution in [0.5, 0.6) is 0 Å². The van der Waals surface area contributed by atoms with Crippen LogP contribution in [0.25, 0.3) is 0 Å². The van der Waals surface area contributed by atoms with Crippen molar-refractivity contribution in [2.45, 2.75) is 37.1 Å². The van der Waals surface area contributed by atoms with E-state index in [9.17, 15) is 9.59 Å². The third kappa shape index (κ3) is 1.78. The van der Waals surface area contributed by atoms with Crippen LogP contribution < -0.4 is 10.6 Å². The summed E-state index contributed by atoms with van der Waals surface area (Å²) in [5.74, 6) is 0.348. The molecular formula is C14H16N2O2. The van der Waals surface area contributed by atoms with E-state index in [-0.39, 0.29) is 11.9 Å². The van der Waals surface area contributed by atoms with Crippen LogP contribution in [0, 0.1) is 0 Å². The summed E-state index contributed by atoms with van der Waals surface area (Å²) in [4.78, 5) is 23.0. The van der Waals surface area contributed by atoms with E-state index in [4.69, 9.17) is 0 Å². The van der Waals surface area contributed by atoms with Gasteiger partial charge in [0.25, 0.3) is 5.91 Å². The Hall–Kier alpha value is -1.84. The molecule has 0 unspecified atom stereocenters. The van der Waals surface area contributed by atoms with Crippen molar-refractivity contribution < 1.29 is 9.59 Å². The van der Waals surface area contributed by atoms with Crippen LogP contribution in [-0.4, -0.2) is 17.5 Å². The molecule has 3 rings (SSSR count). The number of imide groups is 1. The smallest absolute Gasteiger partial charge is 0.322 e. The zero-order chi connectivity index (χ0) is 12.6. The molecule has 1 aliphatic heterocycles. The maximum absolute atomic E-state index is 11.8. The van der Waals surface area contributed by atoms with Crippen molar-refractivity contribution >= 4 is 11.9 Å². The van der Waals surface area contributed by atoms with Crippen LogP contribution in [0.2, 0.25) is 0 Å². The molecule has 2 fully saturated rings. The van der Waals surface area contributed by atoms with Crippen LogP contribution in [-0.2, 0) is 4.79 Å². The minimum atomic E-state index is -0.637. The molecule has 4 heteroatoms. The molecule has 1 heterocycles. The van der Waals surface area contributed by atoms with Gasteiger partial charge in [-0.05, 0) is 37.2 Å². The number of rotatable bonds is 1. The zero-order valence-corrected chi connectivity index (χ0v) is 10.1. The Bertz CT molecular complexity index is 476. The average Bonchev–Trinajstić information content (AvgIpc) is 2.66. The van der Waals surface area contributed by atoms with Crippen molar-refractivity contribution in [2.24, 2.45) is 0 Å². The topological polar surface area (TPSA) is 58.2 Å². The van der Waals surface area contributed by atoms with E-state index in [2.05, 4.69) is 22.8 Å². The van der Waals surface area contributed by atoms with Gasteiger partial charge in [-0.25, -0.2) is 4.79 Å². The Labute approximate surface area is 106 Å². The second-order valence-electron chi connectivity index (χ2n) is 5.18. The molecular weight excluding hydrogens is 228 g/mol. The standard InChI is InChI=1S/C14H16N2O2/c17-12-14(16-13(18)15-12)8-6-11(7-9-14)10-4-2-1-3-5-10/h1-5,11H,6-9H2,(H2,15,16,17,18)/t11-,14+. The SMILES string of the molecule is O=C1NC(=O)[C@]2(CC[C@H](c3ccccc3)CC2)N1. The van der Waals surface area contributed by atoms with Gasteiger partial charge in [-0.1, -0.05) is 30.3 Å². The fourth-order valence-corrected chi connectivity index (χ4v) is 3.05. The highest BCUT2D eigenvalue weighted by Gasteiger charge is 2.48. The fourth-order valence-electron chi connectivity index (χ4n) is 3.05. The quantitative estimate of drug-likeness (QED) is 0.741. The molecule has 1 aromatic carbocycles. The molecule has 1 aromatic rings. The summed E-state index contributed by atoms with van der Waals surface area (Å²) < 4.78 is 0. The van der Waals surface area contributed by atoms with Crippen LogP contribution >= 0.6 is 0 Å². The molecule has 2 N–H and O–H groups in total. The molecule has 0 aromatic heterocycles. The monoisotopic (exact) mass is 244 g/mol. The van der Waals surface area contributed by atoms with Crippen LogP contribution in [0.3, 0.4) is 0 Å². The minimum Gasteiger partial charge on any atom is -0.323 e. The molecule has 0 bridgehead atoms. The van der Waals surface area contributed by atoms with E-state index < -0.39 is 5.54 Å². The number of nitrogens with one attached hydrogen (secondary N) is 2. The van der Waals surface area contributed by atoms with Crippen molar-refractivity contribution in [3.05, 3.63) is 35.9 Å². The zero-order valence-electron chi connectivity index (χ0n) is 10.1. The predicted octanol–water partition coefficient (Wildman–Crippen LogP) is 1.92. The highest BCUT2D eigenvalue weighted by atomic mass is 16.2. The van der Waals surface area contributed by atoms with Crippen molar-refractivity contribution in [1.82, 2.24) is 10.6 Å². The van der Waals surface area contributed by atoms with Gasteiger partial charge in [0.15, 0.2) is 0 Å². The molecule has 2 aliphatic rings. The van der Waals surface area contributed by atoms with E-state index in [0.29, 0.717) is 5.92 Å². The fraction of sp³-hybridized carbons (Fsp3) is 0.429. The predicted molar refractivity (Wildman–Crippen MR) is 67.1 cm³/mol. The first kappa shape index (κ1) is 11.3. The number of carbonyl (C=O) groups is 2. The Morgan fingerprint density at radius 1 is 1.06 bits per heavy atom. The molecule has 94 valence electrons. The summed E-state index contributed by atoms with van der Waals surface area (Å²) in [5, 5.41) is 5.13. The Morgan fingerprint density at radius 3 is 2.28 bits per heavy atom. The lowest BCUT2D eigenvalue weighted by atomic mass is 9.74. The summed E-state index contributed by atoms with van der Waals surface area (Å²) >= 11 is 0. The number of amides is 3. The van der Waals surface area contributed by atoms with Gasteiger partial charge in [0.05, 0.1) is 0 Å². The van der Waals surface area contributed by atoms with Gasteiger partial charge in [-0.2, -0.15) is 0 Å². The number of urea groups is 1. The van der Waals surface area contributed by atoms with Gasteiger partial charge >= 0.3 is 6.03 Å². The van der Waals surface area contributed by atoms with E-state index in [0.717, 1.165) is 25.7 Å². The summed E-state index contributed by atoms with van der Waals surface area (Å²) in [7, 11) is 0. The van der Waals surface area contributed by atoms with Crippen molar-refractivity contribution in [1.29, 1.82) is 0 Å². The third-order valence-corrected chi connectivity index (χ3v) is 4.12. The average molecular weight is 244 g/mol. The number of hydrogen-bond acceptors (Lipinski definition) is 2. The highest BCUT2D eigenvalue weighted by molar-refractivity contribution is 6.07. The number of hydrogen-bond donors (Lipinski definition) is 2. The molecule has 1 aliphatic carbocycles. The first-order chi connectivity index (χ1) is 8.70. The number of carbonyl (C=O) groups excluding carboxylic acids is 2. The largest absolute Gasteiger partial charge is 0.323 e. The maximum atomic E-state index is 11.8. The molecule has 1 saturated heterocycles. The molecule has 4 nitrogen and oxygen atoms in total. The first-order valence-corrected chi connectivity index (χ1v) is 6.38. The summed E-state index contributed by atoms with van der Waals surface area (Å²) in [6.07, 6.45) is 3.34. The van der Waals surface area contributed by atoms with Gasteiger partial charge in [0, 0.05) is 0 Å². The van der Waals surface area contributed by atoms with Gasteiger partial charge in [0.2, 0.25) is 0 Å². The normalized spacial score (nSPS) is 31.2. The molecule has 1 spiro atoms. The van der Waals surface area contributed by atoms with Gasteiger partial charge < -0.3 is 5.32 Å². The lowest BCUT2D eigenvalue weighted by Gasteiger charge is -2.34. The van der Waals surface area contributed by atoms with Gasteiger partial charge in [-0.15, -0.1) is 0 Å². The van der Waals surface area contributed by atoms with Crippen molar-refractivity contribution in [2.75, 3.05) is 0 Å². The van der Waals surface area contributed by atoms with Crippen molar-refractivity contribution in [3.63, 3.8) is 0 Å². The van der Waals surface area contributed by atoms with E-state index >= 15 is 0 Å². The van der Waals surface area contributed by atoms with Crippen LogP contribution in [0.4, 0.5) is 4.79 Å². The first-order valence-electron chi connectivity index (χ1n) is 6.38. The Morgan fingerprint density at radius 2 is 1.72 bits per heavy atom. The third-order valence-electron chi connectivity index (χ3n) is 4.12. The van der Waals surface area contributed by atoms with Crippen molar-refractivity contribution in [3.8, 4) is 0 Å². The summed E-state index contributed by atoms with van der Waals surface area (Å²) in [6.45, 7) is 0. The Kier molecular flexibility index (Phi) is 2.58. The van der Waals surface area contributed by atoms with Gasteiger partial charge in [-0.3, -0.25) is 10.1 Å². The second kappa shape index (κ2) is 4.12. The molecule has 3 amide bonds. The lowest BCUT2D eigenvalue weighted by Crippen LogP contribution is -2.49. The van der Waals surface area contributed by atoms with Gasteiger partial charge in [0.1, 0.15) is 5.54 Å². The second-order valence-corrected chi connectivity index (χ2v) is 5.18. The molecule has 1 saturated carbocycles. The van der Waals surface area contributed by atoms with E-state index in [1.54, 1.807) is 0 Å². The molecule has 0 atom stereocenters. The summed E-state index contributed by atoms with van der Waals surface area (Å²) in [6, 6.07) is 10.0. The van der Waals surface area contributed by atoms with Crippen LogP contribution in [0.1, 0.15) is 37.2 Å². The van der Waals surface area contributed by atoms with E-state index in [1.165, 1.54) is 5.56 Å². The maximum Gasteiger partial charge on any atom is 0.322 e. The lowest BCUT2D eigenvalue weighted by molar-refractivity contribution is -0.125. The molecule has 18 heavy (non-hydrogen) atoms. The minimum absolute atomic E-state index is 0.154. The van der Waals surface area contributed by atoms with E-state index in [1.807, 2.05) is 18.2 Å².